The standard InChI is InChI=1S/C17H22ClN3O3S/c1-12-17(13(2)24-20-12)25(22,23)19-11-16(21-9-5-6-10-21)14-7-3-4-8-15(14)18/h3-4,7-8,16,19H,5-6,9-11H2,1-2H3/t16-/m1/s1. The van der Waals surface area contributed by atoms with Crippen molar-refractivity contribution >= 4 is 21.6 Å². The summed E-state index contributed by atoms with van der Waals surface area (Å²) in [6.45, 7) is 5.33. The van der Waals surface area contributed by atoms with Crippen LogP contribution in [0, 0.1) is 13.8 Å². The number of hydrogen-bond acceptors (Lipinski definition) is 5. The summed E-state index contributed by atoms with van der Waals surface area (Å²) in [7, 11) is -3.70. The highest BCUT2D eigenvalue weighted by molar-refractivity contribution is 7.89. The number of benzene rings is 1. The van der Waals surface area contributed by atoms with Crippen LogP contribution in [-0.2, 0) is 10.0 Å². The Kier molecular flexibility index (Phi) is 5.48. The van der Waals surface area contributed by atoms with Crippen molar-refractivity contribution in [2.75, 3.05) is 19.6 Å². The highest BCUT2D eigenvalue weighted by Crippen LogP contribution is 2.30. The van der Waals surface area contributed by atoms with Crippen molar-refractivity contribution in [2.45, 2.75) is 37.6 Å². The molecule has 0 aliphatic carbocycles. The lowest BCUT2D eigenvalue weighted by Gasteiger charge is -2.28. The molecule has 0 unspecified atom stereocenters. The van der Waals surface area contributed by atoms with Gasteiger partial charge in [0.1, 0.15) is 10.6 Å². The number of likely N-dealkylation sites (tertiary alicyclic amines) is 1. The summed E-state index contributed by atoms with van der Waals surface area (Å²) in [5.41, 5.74) is 1.30. The van der Waals surface area contributed by atoms with Crippen molar-refractivity contribution in [1.29, 1.82) is 0 Å². The van der Waals surface area contributed by atoms with E-state index in [-0.39, 0.29) is 17.5 Å². The summed E-state index contributed by atoms with van der Waals surface area (Å²) in [4.78, 5) is 2.39. The van der Waals surface area contributed by atoms with Crippen molar-refractivity contribution in [1.82, 2.24) is 14.8 Å². The Labute approximate surface area is 153 Å². The SMILES string of the molecule is Cc1noc(C)c1S(=O)(=O)NC[C@H](c1ccccc1Cl)N1CCCC1. The lowest BCUT2D eigenvalue weighted by atomic mass is 10.1. The van der Waals surface area contributed by atoms with Gasteiger partial charge in [-0.15, -0.1) is 0 Å². The quantitative estimate of drug-likeness (QED) is 0.829. The molecule has 6 nitrogen and oxygen atoms in total. The summed E-state index contributed by atoms with van der Waals surface area (Å²) < 4.78 is 33.1. The van der Waals surface area contributed by atoms with Gasteiger partial charge in [-0.3, -0.25) is 4.90 Å². The van der Waals surface area contributed by atoms with Gasteiger partial charge < -0.3 is 4.52 Å². The molecule has 1 atom stereocenters. The van der Waals surface area contributed by atoms with E-state index in [1.807, 2.05) is 24.3 Å². The minimum absolute atomic E-state index is 0.105. The van der Waals surface area contributed by atoms with Crippen molar-refractivity contribution in [2.24, 2.45) is 0 Å². The molecule has 2 aromatic rings. The first-order chi connectivity index (χ1) is 11.9. The Bertz CT molecular complexity index is 825. The van der Waals surface area contributed by atoms with Crippen LogP contribution < -0.4 is 4.72 Å². The summed E-state index contributed by atoms with van der Waals surface area (Å²) in [5, 5.41) is 4.38. The van der Waals surface area contributed by atoms with Crippen LogP contribution in [-0.4, -0.2) is 38.1 Å². The van der Waals surface area contributed by atoms with E-state index in [9.17, 15) is 8.42 Å². The number of nitrogens with zero attached hydrogens (tertiary/aromatic N) is 2. The normalized spacial score (nSPS) is 17.1. The molecule has 1 aliphatic heterocycles. The molecule has 0 radical (unpaired) electrons. The van der Waals surface area contributed by atoms with Gasteiger partial charge in [-0.05, 0) is 51.4 Å². The molecule has 25 heavy (non-hydrogen) atoms. The average molecular weight is 384 g/mol. The Hall–Kier alpha value is -1.41. The molecule has 1 saturated heterocycles. The molecule has 3 rings (SSSR count). The van der Waals surface area contributed by atoms with Crippen LogP contribution in [0.3, 0.4) is 0 Å². The van der Waals surface area contributed by atoms with E-state index in [0.29, 0.717) is 16.5 Å². The molecule has 1 aromatic carbocycles. The molecule has 1 N–H and O–H groups in total. The number of aryl methyl sites for hydroxylation is 2. The molecule has 1 fully saturated rings. The number of halogens is 1. The van der Waals surface area contributed by atoms with Gasteiger partial charge >= 0.3 is 0 Å². The van der Waals surface area contributed by atoms with Crippen molar-refractivity contribution < 1.29 is 12.9 Å². The molecule has 2 heterocycles. The van der Waals surface area contributed by atoms with Gasteiger partial charge in [0.2, 0.25) is 10.0 Å². The van der Waals surface area contributed by atoms with Crippen LogP contribution in [0.5, 0.6) is 0 Å². The van der Waals surface area contributed by atoms with Gasteiger partial charge in [0, 0.05) is 17.6 Å². The van der Waals surface area contributed by atoms with E-state index in [1.54, 1.807) is 13.8 Å². The van der Waals surface area contributed by atoms with E-state index in [1.165, 1.54) is 0 Å². The Morgan fingerprint density at radius 1 is 1.28 bits per heavy atom. The summed E-state index contributed by atoms with van der Waals surface area (Å²) >= 11 is 6.37. The minimum Gasteiger partial charge on any atom is -0.360 e. The minimum atomic E-state index is -3.70. The highest BCUT2D eigenvalue weighted by Gasteiger charge is 2.29. The second-order valence-electron chi connectivity index (χ2n) is 6.29. The second-order valence-corrected chi connectivity index (χ2v) is 8.40. The maximum Gasteiger partial charge on any atom is 0.246 e. The van der Waals surface area contributed by atoms with E-state index in [4.69, 9.17) is 16.1 Å². The van der Waals surface area contributed by atoms with Gasteiger partial charge in [0.25, 0.3) is 0 Å². The van der Waals surface area contributed by atoms with E-state index >= 15 is 0 Å². The Morgan fingerprint density at radius 2 is 1.96 bits per heavy atom. The Balaban J connectivity index is 1.85. The van der Waals surface area contributed by atoms with Crippen molar-refractivity contribution in [3.05, 3.63) is 46.3 Å². The zero-order chi connectivity index (χ0) is 18.0. The van der Waals surface area contributed by atoms with Gasteiger partial charge in [-0.2, -0.15) is 0 Å². The molecular weight excluding hydrogens is 362 g/mol. The lowest BCUT2D eigenvalue weighted by molar-refractivity contribution is 0.246. The van der Waals surface area contributed by atoms with Gasteiger partial charge in [-0.1, -0.05) is 35.0 Å². The van der Waals surface area contributed by atoms with E-state index < -0.39 is 10.0 Å². The maximum absolute atomic E-state index is 12.7. The number of rotatable bonds is 6. The predicted octanol–water partition coefficient (Wildman–Crippen LogP) is 3.06. The first-order valence-corrected chi connectivity index (χ1v) is 10.2. The zero-order valence-corrected chi connectivity index (χ0v) is 15.9. The summed E-state index contributed by atoms with van der Waals surface area (Å²) in [6.07, 6.45) is 2.22. The molecule has 0 amide bonds. The molecule has 0 saturated carbocycles. The fraction of sp³-hybridized carbons (Fsp3) is 0.471. The van der Waals surface area contributed by atoms with Crippen LogP contribution in [0.4, 0.5) is 0 Å². The summed E-state index contributed by atoms with van der Waals surface area (Å²) in [5.74, 6) is 0.292. The number of aromatic nitrogens is 1. The third-order valence-electron chi connectivity index (χ3n) is 4.55. The predicted molar refractivity (Wildman–Crippen MR) is 96.2 cm³/mol. The molecule has 0 bridgehead atoms. The van der Waals surface area contributed by atoms with Crippen LogP contribution in [0.25, 0.3) is 0 Å². The third kappa shape index (κ3) is 3.89. The Morgan fingerprint density at radius 3 is 2.56 bits per heavy atom. The highest BCUT2D eigenvalue weighted by atomic mass is 35.5. The van der Waals surface area contributed by atoms with Gasteiger partial charge in [0.15, 0.2) is 5.76 Å². The largest absolute Gasteiger partial charge is 0.360 e. The fourth-order valence-corrected chi connectivity index (χ4v) is 4.98. The average Bonchev–Trinajstić information content (AvgIpc) is 3.19. The van der Waals surface area contributed by atoms with Gasteiger partial charge in [-0.25, -0.2) is 13.1 Å². The lowest BCUT2D eigenvalue weighted by Crippen LogP contribution is -2.37. The number of hydrogen-bond donors (Lipinski definition) is 1. The van der Waals surface area contributed by atoms with Crippen LogP contribution in [0.15, 0.2) is 33.7 Å². The van der Waals surface area contributed by atoms with E-state index in [0.717, 1.165) is 31.5 Å². The summed E-state index contributed by atoms with van der Waals surface area (Å²) in [6, 6.07) is 7.48. The first kappa shape index (κ1) is 18.4. The molecular formula is C17H22ClN3O3S. The maximum atomic E-state index is 12.7. The first-order valence-electron chi connectivity index (χ1n) is 8.31. The number of nitrogens with one attached hydrogen (secondary N) is 1. The van der Waals surface area contributed by atoms with Crippen molar-refractivity contribution in [3.63, 3.8) is 0 Å². The van der Waals surface area contributed by atoms with Gasteiger partial charge in [0.05, 0.1) is 0 Å². The van der Waals surface area contributed by atoms with Crippen LogP contribution >= 0.6 is 11.6 Å². The van der Waals surface area contributed by atoms with E-state index in [2.05, 4.69) is 14.8 Å². The van der Waals surface area contributed by atoms with Crippen LogP contribution in [0.1, 0.15) is 35.9 Å². The molecule has 8 heteroatoms. The molecule has 0 spiro atoms. The molecule has 1 aliphatic rings. The number of sulfonamides is 1. The molecule has 136 valence electrons. The smallest absolute Gasteiger partial charge is 0.246 e. The topological polar surface area (TPSA) is 75.4 Å². The van der Waals surface area contributed by atoms with Crippen molar-refractivity contribution in [3.8, 4) is 0 Å². The monoisotopic (exact) mass is 383 g/mol. The third-order valence-corrected chi connectivity index (χ3v) is 6.56. The fourth-order valence-electron chi connectivity index (χ4n) is 3.35. The molecule has 1 aromatic heterocycles. The van der Waals surface area contributed by atoms with Crippen LogP contribution in [0.2, 0.25) is 5.02 Å². The zero-order valence-electron chi connectivity index (χ0n) is 14.3. The second kappa shape index (κ2) is 7.45.